The first-order valence-corrected chi connectivity index (χ1v) is 20.6. The zero-order valence-corrected chi connectivity index (χ0v) is 31.1. The van der Waals surface area contributed by atoms with Gasteiger partial charge in [-0.25, -0.2) is 0 Å². The minimum absolute atomic E-state index is 0. The van der Waals surface area contributed by atoms with E-state index in [1.54, 1.807) is 28.5 Å². The Bertz CT molecular complexity index is 1750. The maximum absolute atomic E-state index is 2.35. The van der Waals surface area contributed by atoms with Gasteiger partial charge in [-0.3, -0.25) is 0 Å². The second-order valence-corrected chi connectivity index (χ2v) is 18.5. The Labute approximate surface area is 296 Å². The van der Waals surface area contributed by atoms with E-state index in [1.807, 2.05) is 0 Å². The quantitative estimate of drug-likeness (QED) is 0.187. The molecule has 0 aliphatic rings. The molecule has 0 unspecified atom stereocenters. The van der Waals surface area contributed by atoms with Crippen molar-refractivity contribution in [2.45, 2.75) is 33.2 Å². The van der Waals surface area contributed by atoms with Crippen molar-refractivity contribution >= 4 is 32.2 Å². The fourth-order valence-electron chi connectivity index (χ4n) is 5.38. The molecule has 0 nitrogen and oxygen atoms in total. The molecule has 0 radical (unpaired) electrons. The molecular formula is C41H38Cl2SiZr-2. The van der Waals surface area contributed by atoms with E-state index in [9.17, 15) is 0 Å². The number of fused-ring (bicyclic) bond motifs is 2. The predicted octanol–water partition coefficient (Wildman–Crippen LogP) is 3.99. The average molecular weight is 721 g/mol. The summed E-state index contributed by atoms with van der Waals surface area (Å²) >= 11 is 1.69. The van der Waals surface area contributed by atoms with Crippen LogP contribution in [0.2, 0.25) is 6.55 Å². The fourth-order valence-corrected chi connectivity index (χ4v) is 7.30. The summed E-state index contributed by atoms with van der Waals surface area (Å²) in [6.45, 7) is 6.70. The summed E-state index contributed by atoms with van der Waals surface area (Å²) in [4.78, 5) is 0. The van der Waals surface area contributed by atoms with Crippen LogP contribution in [-0.2, 0) is 36.2 Å². The Morgan fingerprint density at radius 1 is 0.511 bits per heavy atom. The number of halogens is 2. The molecule has 4 heteroatoms. The molecule has 0 aliphatic heterocycles. The summed E-state index contributed by atoms with van der Waals surface area (Å²) in [6.07, 6.45) is 2.06. The molecule has 0 saturated carbocycles. The molecule has 7 aromatic rings. The van der Waals surface area contributed by atoms with Crippen LogP contribution in [0.1, 0.15) is 33.4 Å². The van der Waals surface area contributed by atoms with Crippen molar-refractivity contribution in [2.75, 3.05) is 0 Å². The predicted molar refractivity (Wildman–Crippen MR) is 185 cm³/mol. The van der Waals surface area contributed by atoms with Gasteiger partial charge in [-0.1, -0.05) is 60.7 Å². The first-order chi connectivity index (χ1) is 21.0. The van der Waals surface area contributed by atoms with Gasteiger partial charge in [0.05, 0.1) is 0 Å². The molecule has 0 bridgehead atoms. The van der Waals surface area contributed by atoms with Crippen LogP contribution in [0, 0.1) is 13.8 Å². The summed E-state index contributed by atoms with van der Waals surface area (Å²) in [5, 5.41) is 6.93. The molecule has 0 N–H and O–H groups in total. The molecule has 226 valence electrons. The van der Waals surface area contributed by atoms with E-state index in [2.05, 4.69) is 172 Å². The van der Waals surface area contributed by atoms with Crippen molar-refractivity contribution < 1.29 is 48.1 Å². The van der Waals surface area contributed by atoms with Gasteiger partial charge in [0.15, 0.2) is 0 Å². The largest absolute Gasteiger partial charge is 1.00 e. The van der Waals surface area contributed by atoms with Gasteiger partial charge >= 0.3 is 70.8 Å². The zero-order chi connectivity index (χ0) is 30.0. The van der Waals surface area contributed by atoms with Gasteiger partial charge in [-0.2, -0.15) is 12.1 Å². The minimum Gasteiger partial charge on any atom is -1.00 e. The molecular weight excluding hydrogens is 683 g/mol. The van der Waals surface area contributed by atoms with Crippen molar-refractivity contribution in [3.63, 3.8) is 0 Å². The Morgan fingerprint density at radius 2 is 0.889 bits per heavy atom. The molecule has 0 fully saturated rings. The molecule has 0 saturated heterocycles. The van der Waals surface area contributed by atoms with Gasteiger partial charge in [0.2, 0.25) is 0 Å². The van der Waals surface area contributed by atoms with Crippen LogP contribution in [0.15, 0.2) is 152 Å². The van der Waals surface area contributed by atoms with E-state index in [0.717, 1.165) is 12.8 Å². The van der Waals surface area contributed by atoms with Crippen molar-refractivity contribution in [2.24, 2.45) is 0 Å². The molecule has 0 atom stereocenters. The first-order valence-electron chi connectivity index (χ1n) is 14.9. The van der Waals surface area contributed by atoms with E-state index in [4.69, 9.17) is 0 Å². The van der Waals surface area contributed by atoms with Crippen molar-refractivity contribution in [3.05, 3.63) is 185 Å². The third-order valence-electron chi connectivity index (χ3n) is 7.87. The summed E-state index contributed by atoms with van der Waals surface area (Å²) in [7, 11) is 0. The van der Waals surface area contributed by atoms with Gasteiger partial charge in [-0.05, 0) is 48.9 Å². The van der Waals surface area contributed by atoms with Crippen LogP contribution >= 0.6 is 0 Å². The number of hydrogen-bond acceptors (Lipinski definition) is 0. The van der Waals surface area contributed by atoms with Gasteiger partial charge in [0, 0.05) is 0 Å². The van der Waals surface area contributed by atoms with Gasteiger partial charge in [0.1, 0.15) is 0 Å². The van der Waals surface area contributed by atoms with E-state index < -0.39 is 0 Å². The summed E-state index contributed by atoms with van der Waals surface area (Å²) in [6, 6.07) is 54.2. The Hall–Kier alpha value is -3.00. The fraction of sp³-hybridized carbons (Fsp3) is 0.122. The van der Waals surface area contributed by atoms with Gasteiger partial charge in [-0.15, -0.1) is 81.2 Å². The number of rotatable bonds is 5. The topological polar surface area (TPSA) is 0 Å². The molecule has 7 aromatic carbocycles. The Morgan fingerprint density at radius 3 is 1.27 bits per heavy atom. The molecule has 0 amide bonds. The summed E-state index contributed by atoms with van der Waals surface area (Å²) < 4.78 is 0. The molecule has 0 aromatic heterocycles. The average Bonchev–Trinajstić information content (AvgIpc) is 3.64. The Kier molecular flexibility index (Phi) is 14.8. The van der Waals surface area contributed by atoms with Crippen molar-refractivity contribution in [3.8, 4) is 0 Å². The van der Waals surface area contributed by atoms with Crippen molar-refractivity contribution in [1.29, 1.82) is 0 Å². The van der Waals surface area contributed by atoms with E-state index in [0.29, 0.717) is 0 Å². The first kappa shape index (κ1) is 36.5. The SMILES string of the molecule is C[Si](=[Zr+2])c1ccccc1.Cc1ccccc1Cc1cc2ccccc2[cH-]1.Cc1ccccc1Cc1cc2ccccc2[cH-]1.[Cl-].[Cl-]. The van der Waals surface area contributed by atoms with Gasteiger partial charge in [0.25, 0.3) is 0 Å². The second-order valence-electron chi connectivity index (χ2n) is 11.2. The monoisotopic (exact) mass is 718 g/mol. The van der Waals surface area contributed by atoms with Crippen LogP contribution in [0.4, 0.5) is 0 Å². The molecule has 7 rings (SSSR count). The van der Waals surface area contributed by atoms with E-state index in [1.165, 1.54) is 54.9 Å². The molecule has 45 heavy (non-hydrogen) atoms. The third kappa shape index (κ3) is 10.5. The van der Waals surface area contributed by atoms with Gasteiger partial charge < -0.3 is 24.8 Å². The smallest absolute Gasteiger partial charge is 0.0201 e. The molecule has 0 spiro atoms. The van der Waals surface area contributed by atoms with Crippen LogP contribution < -0.4 is 30.0 Å². The zero-order valence-electron chi connectivity index (χ0n) is 26.1. The van der Waals surface area contributed by atoms with E-state index >= 15 is 0 Å². The standard InChI is InChI=1S/2C17H15.C7H8Si.2ClH.Zr/c2*1-13-6-2-3-7-15(13)10-14-11-16-8-4-5-9-17(16)12-14;1-8-7-5-3-2-4-6-7;;;/h2*2-9,11-12H,10H2,1H3;2-6H,1H3;2*1H;/q2*-1;;;;+2/p-2. The van der Waals surface area contributed by atoms with Crippen LogP contribution in [0.5, 0.6) is 0 Å². The number of benzene rings is 5. The second kappa shape index (κ2) is 18.2. The maximum Gasteiger partial charge on any atom is -0.0201 e. The number of aryl methyl sites for hydroxylation is 2. The number of hydrogen-bond donors (Lipinski definition) is 0. The van der Waals surface area contributed by atoms with Crippen LogP contribution in [0.3, 0.4) is 0 Å². The maximum atomic E-state index is 2.35. The van der Waals surface area contributed by atoms with Crippen LogP contribution in [-0.4, -0.2) is 5.43 Å². The van der Waals surface area contributed by atoms with Crippen molar-refractivity contribution in [1.82, 2.24) is 0 Å². The molecule has 0 heterocycles. The Balaban J connectivity index is 0.000000189. The summed E-state index contributed by atoms with van der Waals surface area (Å²) in [5.41, 5.74) is 8.27. The normalized spacial score (nSPS) is 10.1. The minimum atomic E-state index is -0.122. The summed E-state index contributed by atoms with van der Waals surface area (Å²) in [5.74, 6) is 0. The van der Waals surface area contributed by atoms with E-state index in [-0.39, 0.29) is 30.2 Å². The third-order valence-corrected chi connectivity index (χ3v) is 11.2. The molecule has 0 aliphatic carbocycles. The van der Waals surface area contributed by atoms with Crippen LogP contribution in [0.25, 0.3) is 21.5 Å².